The molecule has 2 rings (SSSR count). The van der Waals surface area contributed by atoms with Gasteiger partial charge in [0.05, 0.1) is 0 Å². The van der Waals surface area contributed by atoms with Gasteiger partial charge in [-0.05, 0) is 37.3 Å². The number of rotatable bonds is 3. The zero-order valence-electron chi connectivity index (χ0n) is 9.79. The van der Waals surface area contributed by atoms with Gasteiger partial charge in [0, 0.05) is 5.54 Å². The molecule has 0 bridgehead atoms. The monoisotopic (exact) mass is 203 g/mol. The predicted molar refractivity (Wildman–Crippen MR) is 65.0 cm³/mol. The summed E-state index contributed by atoms with van der Waals surface area (Å²) in [6.45, 7) is 5.85. The van der Waals surface area contributed by atoms with Crippen LogP contribution in [0.2, 0.25) is 0 Å². The lowest BCUT2D eigenvalue weighted by Gasteiger charge is -2.34. The van der Waals surface area contributed by atoms with Crippen molar-refractivity contribution in [3.05, 3.63) is 35.9 Å². The molecule has 1 heterocycles. The first-order valence-electron chi connectivity index (χ1n) is 6.02. The van der Waals surface area contributed by atoms with Gasteiger partial charge in [-0.25, -0.2) is 0 Å². The molecule has 1 saturated heterocycles. The Hall–Kier alpha value is -0.820. The number of hydrogen-bond acceptors (Lipinski definition) is 1. The molecule has 1 nitrogen and oxygen atoms in total. The van der Waals surface area contributed by atoms with E-state index in [4.69, 9.17) is 0 Å². The molecular formula is C14H21N. The van der Waals surface area contributed by atoms with Gasteiger partial charge in [0.1, 0.15) is 0 Å². The maximum atomic E-state index is 3.72. The fourth-order valence-electron chi connectivity index (χ4n) is 2.64. The third-order valence-electron chi connectivity index (χ3n) is 3.74. The molecule has 0 spiro atoms. The Bertz CT molecular complexity index is 296. The van der Waals surface area contributed by atoms with E-state index in [2.05, 4.69) is 49.5 Å². The summed E-state index contributed by atoms with van der Waals surface area (Å²) in [5, 5.41) is 3.72. The highest BCUT2D eigenvalue weighted by molar-refractivity contribution is 5.19. The van der Waals surface area contributed by atoms with Crippen molar-refractivity contribution in [2.45, 2.75) is 38.6 Å². The van der Waals surface area contributed by atoms with Crippen LogP contribution in [0.3, 0.4) is 0 Å². The molecule has 0 aliphatic carbocycles. The molecule has 1 aromatic carbocycles. The van der Waals surface area contributed by atoms with E-state index < -0.39 is 0 Å². The van der Waals surface area contributed by atoms with Crippen LogP contribution < -0.4 is 5.32 Å². The number of nitrogens with one attached hydrogen (secondary N) is 1. The molecule has 1 aliphatic heterocycles. The van der Waals surface area contributed by atoms with Crippen molar-refractivity contribution in [1.29, 1.82) is 0 Å². The highest BCUT2D eigenvalue weighted by Crippen LogP contribution is 2.31. The fraction of sp³-hybridized carbons (Fsp3) is 0.571. The molecule has 1 aromatic rings. The smallest absolute Gasteiger partial charge is 0.0245 e. The van der Waals surface area contributed by atoms with E-state index in [-0.39, 0.29) is 0 Å². The predicted octanol–water partition coefficient (Wildman–Crippen LogP) is 3.01. The zero-order valence-corrected chi connectivity index (χ0v) is 9.79. The average molecular weight is 203 g/mol. The molecule has 15 heavy (non-hydrogen) atoms. The first-order chi connectivity index (χ1) is 7.23. The second-order valence-electron chi connectivity index (χ2n) is 5.00. The van der Waals surface area contributed by atoms with Crippen molar-refractivity contribution < 1.29 is 0 Å². The Kier molecular flexibility index (Phi) is 3.11. The summed E-state index contributed by atoms with van der Waals surface area (Å²) in [7, 11) is 0. The van der Waals surface area contributed by atoms with E-state index in [1.807, 2.05) is 0 Å². The molecule has 0 amide bonds. The Balaban J connectivity index is 2.14. The third-order valence-corrected chi connectivity index (χ3v) is 3.74. The van der Waals surface area contributed by atoms with Crippen LogP contribution in [0.15, 0.2) is 30.3 Å². The summed E-state index contributed by atoms with van der Waals surface area (Å²) in [6, 6.07) is 10.8. The molecule has 1 fully saturated rings. The van der Waals surface area contributed by atoms with E-state index in [9.17, 15) is 0 Å². The van der Waals surface area contributed by atoms with Gasteiger partial charge in [-0.15, -0.1) is 0 Å². The fourth-order valence-corrected chi connectivity index (χ4v) is 2.64. The van der Waals surface area contributed by atoms with Gasteiger partial charge in [0.15, 0.2) is 0 Å². The summed E-state index contributed by atoms with van der Waals surface area (Å²) in [4.78, 5) is 0. The summed E-state index contributed by atoms with van der Waals surface area (Å²) in [5.41, 5.74) is 1.81. The zero-order chi connectivity index (χ0) is 10.7. The van der Waals surface area contributed by atoms with E-state index >= 15 is 0 Å². The lowest BCUT2D eigenvalue weighted by molar-refractivity contribution is 0.269. The van der Waals surface area contributed by atoms with Gasteiger partial charge in [0.2, 0.25) is 0 Å². The lowest BCUT2D eigenvalue weighted by Crippen LogP contribution is -2.46. The van der Waals surface area contributed by atoms with Gasteiger partial charge in [0.25, 0.3) is 0 Å². The largest absolute Gasteiger partial charge is 0.311 e. The van der Waals surface area contributed by atoms with Crippen molar-refractivity contribution in [3.63, 3.8) is 0 Å². The van der Waals surface area contributed by atoms with Crippen LogP contribution in [0, 0.1) is 5.92 Å². The average Bonchev–Trinajstić information content (AvgIpc) is 2.69. The molecule has 0 saturated carbocycles. The Morgan fingerprint density at radius 2 is 2.00 bits per heavy atom. The van der Waals surface area contributed by atoms with Gasteiger partial charge in [-0.2, -0.15) is 0 Å². The summed E-state index contributed by atoms with van der Waals surface area (Å²) in [6.07, 6.45) is 3.82. The van der Waals surface area contributed by atoms with Crippen LogP contribution in [0.4, 0.5) is 0 Å². The van der Waals surface area contributed by atoms with Gasteiger partial charge >= 0.3 is 0 Å². The SMILES string of the molecule is CC(C)C1(Cc2ccccc2)CCCN1. The van der Waals surface area contributed by atoms with Crippen molar-refractivity contribution in [3.8, 4) is 0 Å². The molecule has 0 radical (unpaired) electrons. The van der Waals surface area contributed by atoms with Gasteiger partial charge in [-0.1, -0.05) is 44.2 Å². The first-order valence-corrected chi connectivity index (χ1v) is 6.02. The van der Waals surface area contributed by atoms with Gasteiger partial charge < -0.3 is 5.32 Å². The van der Waals surface area contributed by atoms with Crippen LogP contribution in [-0.2, 0) is 6.42 Å². The molecule has 1 N–H and O–H groups in total. The molecular weight excluding hydrogens is 182 g/mol. The van der Waals surface area contributed by atoms with E-state index in [1.54, 1.807) is 0 Å². The summed E-state index contributed by atoms with van der Waals surface area (Å²) >= 11 is 0. The number of benzene rings is 1. The first kappa shape index (κ1) is 10.7. The molecule has 1 heteroatoms. The van der Waals surface area contributed by atoms with E-state index in [0.29, 0.717) is 11.5 Å². The minimum atomic E-state index is 0.349. The normalized spacial score (nSPS) is 26.1. The van der Waals surface area contributed by atoms with Crippen LogP contribution in [0.5, 0.6) is 0 Å². The third kappa shape index (κ3) is 2.23. The van der Waals surface area contributed by atoms with E-state index in [1.165, 1.54) is 31.4 Å². The van der Waals surface area contributed by atoms with Crippen LogP contribution in [0.1, 0.15) is 32.3 Å². The second-order valence-corrected chi connectivity index (χ2v) is 5.00. The molecule has 1 aliphatic rings. The Morgan fingerprint density at radius 3 is 2.53 bits per heavy atom. The summed E-state index contributed by atoms with van der Waals surface area (Å²) < 4.78 is 0. The quantitative estimate of drug-likeness (QED) is 0.796. The minimum absolute atomic E-state index is 0.349. The molecule has 1 atom stereocenters. The number of hydrogen-bond donors (Lipinski definition) is 1. The Labute approximate surface area is 92.9 Å². The lowest BCUT2D eigenvalue weighted by atomic mass is 9.80. The molecule has 1 unspecified atom stereocenters. The molecule has 0 aromatic heterocycles. The minimum Gasteiger partial charge on any atom is -0.311 e. The van der Waals surface area contributed by atoms with E-state index in [0.717, 1.165) is 0 Å². The van der Waals surface area contributed by atoms with Gasteiger partial charge in [-0.3, -0.25) is 0 Å². The van der Waals surface area contributed by atoms with Crippen LogP contribution in [0.25, 0.3) is 0 Å². The topological polar surface area (TPSA) is 12.0 Å². The maximum Gasteiger partial charge on any atom is 0.0245 e. The maximum absolute atomic E-state index is 3.72. The van der Waals surface area contributed by atoms with Crippen LogP contribution >= 0.6 is 0 Å². The van der Waals surface area contributed by atoms with Crippen molar-refractivity contribution in [1.82, 2.24) is 5.32 Å². The standard InChI is InChI=1S/C14H21N/c1-12(2)14(9-6-10-15-14)11-13-7-4-3-5-8-13/h3-5,7-8,12,15H,6,9-11H2,1-2H3. The second kappa shape index (κ2) is 4.36. The highest BCUT2D eigenvalue weighted by Gasteiger charge is 2.36. The highest BCUT2D eigenvalue weighted by atomic mass is 15.0. The van der Waals surface area contributed by atoms with Crippen molar-refractivity contribution >= 4 is 0 Å². The summed E-state index contributed by atoms with van der Waals surface area (Å²) in [5.74, 6) is 0.709. The van der Waals surface area contributed by atoms with Crippen molar-refractivity contribution in [2.24, 2.45) is 5.92 Å². The van der Waals surface area contributed by atoms with Crippen LogP contribution in [-0.4, -0.2) is 12.1 Å². The van der Waals surface area contributed by atoms with Crippen molar-refractivity contribution in [2.75, 3.05) is 6.54 Å². The Morgan fingerprint density at radius 1 is 1.27 bits per heavy atom. The molecule has 82 valence electrons.